The maximum absolute atomic E-state index is 13.3. The molecule has 1 fully saturated rings. The van der Waals surface area contributed by atoms with E-state index in [9.17, 15) is 13.2 Å². The van der Waals surface area contributed by atoms with Crippen LogP contribution in [0.4, 0.5) is 11.5 Å². The fourth-order valence-electron chi connectivity index (χ4n) is 4.00. The molecule has 0 saturated carbocycles. The molecule has 1 amide bonds. The Bertz CT molecular complexity index is 1340. The van der Waals surface area contributed by atoms with Crippen molar-refractivity contribution in [1.29, 1.82) is 5.26 Å². The second-order valence-corrected chi connectivity index (χ2v) is 10.6. The number of likely N-dealkylation sites (N-methyl/N-ethyl adjacent to an activating group) is 1. The van der Waals surface area contributed by atoms with Crippen molar-refractivity contribution in [2.24, 2.45) is 0 Å². The second kappa shape index (κ2) is 10.9. The van der Waals surface area contributed by atoms with Crippen LogP contribution in [0.2, 0.25) is 0 Å². The number of hydrogen-bond acceptors (Lipinski definition) is 6. The minimum atomic E-state index is -3.53. The van der Waals surface area contributed by atoms with Crippen LogP contribution in [-0.4, -0.2) is 50.3 Å². The molecule has 1 saturated heterocycles. The Morgan fingerprint density at radius 2 is 1.78 bits per heavy atom. The van der Waals surface area contributed by atoms with Crippen molar-refractivity contribution in [3.05, 3.63) is 89.6 Å². The van der Waals surface area contributed by atoms with Gasteiger partial charge >= 0.3 is 10.2 Å². The molecule has 0 bridgehead atoms. The van der Waals surface area contributed by atoms with Crippen LogP contribution in [0, 0.1) is 11.3 Å². The van der Waals surface area contributed by atoms with Crippen molar-refractivity contribution in [2.75, 3.05) is 36.3 Å². The highest BCUT2D eigenvalue weighted by atomic mass is 32.2. The van der Waals surface area contributed by atoms with E-state index >= 15 is 0 Å². The van der Waals surface area contributed by atoms with E-state index < -0.39 is 16.3 Å². The number of anilines is 2. The average molecular weight is 505 g/mol. The molecule has 1 aromatic heterocycles. The molecule has 0 radical (unpaired) electrons. The maximum atomic E-state index is 13.3. The summed E-state index contributed by atoms with van der Waals surface area (Å²) in [4.78, 5) is 17.5. The van der Waals surface area contributed by atoms with Crippen LogP contribution in [0.5, 0.6) is 0 Å². The zero-order valence-electron chi connectivity index (χ0n) is 20.1. The molecule has 1 aliphatic heterocycles. The third kappa shape index (κ3) is 5.54. The van der Waals surface area contributed by atoms with Crippen LogP contribution >= 0.6 is 0 Å². The lowest BCUT2D eigenvalue weighted by Crippen LogP contribution is -2.35. The standard InChI is InChI=1S/C26H28N6O3S/c1-19(21-10-8-20(16-27)9-11-21)17-29-25(22-6-4-3-5-7-22)26(33)30-24-13-12-23(18-28-24)32-15-14-31(2)36(32,34)35/h3-13,18-19,25,29H,14-15,17H2,1-2H3,(H,28,30,33)/t19-,25-/m1/s1. The summed E-state index contributed by atoms with van der Waals surface area (Å²) >= 11 is 0. The minimum Gasteiger partial charge on any atom is -0.309 e. The summed E-state index contributed by atoms with van der Waals surface area (Å²) in [5, 5.41) is 15.2. The minimum absolute atomic E-state index is 0.106. The van der Waals surface area contributed by atoms with Gasteiger partial charge in [-0.05, 0) is 41.3 Å². The molecule has 186 valence electrons. The molecular formula is C26H28N6O3S. The molecule has 0 spiro atoms. The first-order chi connectivity index (χ1) is 17.3. The molecule has 4 rings (SSSR count). The molecule has 0 aliphatic carbocycles. The van der Waals surface area contributed by atoms with Gasteiger partial charge in [-0.2, -0.15) is 18.0 Å². The number of amides is 1. The molecule has 10 heteroatoms. The highest BCUT2D eigenvalue weighted by Crippen LogP contribution is 2.25. The average Bonchev–Trinajstić information content (AvgIpc) is 3.17. The van der Waals surface area contributed by atoms with Crippen LogP contribution in [0.3, 0.4) is 0 Å². The molecule has 1 aliphatic rings. The van der Waals surface area contributed by atoms with Gasteiger partial charge in [0.1, 0.15) is 11.9 Å². The molecule has 9 nitrogen and oxygen atoms in total. The lowest BCUT2D eigenvalue weighted by molar-refractivity contribution is -0.118. The molecule has 3 aromatic rings. The maximum Gasteiger partial charge on any atom is 0.303 e. The predicted molar refractivity (Wildman–Crippen MR) is 139 cm³/mol. The Morgan fingerprint density at radius 1 is 1.06 bits per heavy atom. The number of benzene rings is 2. The Hall–Kier alpha value is -3.78. The van der Waals surface area contributed by atoms with E-state index in [2.05, 4.69) is 28.6 Å². The lowest BCUT2D eigenvalue weighted by atomic mass is 9.98. The Balaban J connectivity index is 1.46. The molecule has 2 N–H and O–H groups in total. The van der Waals surface area contributed by atoms with Gasteiger partial charge in [0.2, 0.25) is 5.91 Å². The van der Waals surface area contributed by atoms with Crippen molar-refractivity contribution in [2.45, 2.75) is 18.9 Å². The summed E-state index contributed by atoms with van der Waals surface area (Å²) in [6, 6.07) is 21.6. The van der Waals surface area contributed by atoms with Gasteiger partial charge < -0.3 is 10.6 Å². The SMILES string of the molecule is C[C@H](CN[C@@H](C(=O)Nc1ccc(N2CCN(C)S2(=O)=O)cn1)c1ccccc1)c1ccc(C#N)cc1. The summed E-state index contributed by atoms with van der Waals surface area (Å²) < 4.78 is 27.4. The molecule has 2 heterocycles. The summed E-state index contributed by atoms with van der Waals surface area (Å²) in [7, 11) is -2.00. The topological polar surface area (TPSA) is 118 Å². The number of rotatable bonds is 8. The fraction of sp³-hybridized carbons (Fsp3) is 0.269. The molecule has 2 aromatic carbocycles. The van der Waals surface area contributed by atoms with Crippen LogP contribution in [0.1, 0.15) is 35.6 Å². The van der Waals surface area contributed by atoms with Gasteiger partial charge in [-0.15, -0.1) is 0 Å². The highest BCUT2D eigenvalue weighted by Gasteiger charge is 2.34. The van der Waals surface area contributed by atoms with Gasteiger partial charge in [0.15, 0.2) is 0 Å². The summed E-state index contributed by atoms with van der Waals surface area (Å²) in [6.45, 7) is 3.35. The fourth-order valence-corrected chi connectivity index (χ4v) is 5.34. The number of hydrogen-bond donors (Lipinski definition) is 2. The smallest absolute Gasteiger partial charge is 0.303 e. The normalized spacial score (nSPS) is 16.8. The molecule has 2 atom stereocenters. The van der Waals surface area contributed by atoms with Crippen LogP contribution in [-0.2, 0) is 15.0 Å². The van der Waals surface area contributed by atoms with E-state index in [1.54, 1.807) is 24.3 Å². The highest BCUT2D eigenvalue weighted by molar-refractivity contribution is 7.90. The summed E-state index contributed by atoms with van der Waals surface area (Å²) in [5.41, 5.74) is 2.93. The van der Waals surface area contributed by atoms with Gasteiger partial charge in [0.05, 0.1) is 23.5 Å². The third-order valence-electron chi connectivity index (χ3n) is 6.21. The van der Waals surface area contributed by atoms with Crippen LogP contribution in [0.25, 0.3) is 0 Å². The zero-order valence-corrected chi connectivity index (χ0v) is 20.9. The van der Waals surface area contributed by atoms with Crippen LogP contribution < -0.4 is 14.9 Å². The number of carbonyl (C=O) groups is 1. The molecular weight excluding hydrogens is 476 g/mol. The quantitative estimate of drug-likeness (QED) is 0.487. The monoisotopic (exact) mass is 504 g/mol. The van der Waals surface area contributed by atoms with Gasteiger partial charge in [-0.1, -0.05) is 49.4 Å². The van der Waals surface area contributed by atoms with Gasteiger partial charge in [-0.25, -0.2) is 4.98 Å². The Kier molecular flexibility index (Phi) is 7.64. The van der Waals surface area contributed by atoms with Crippen molar-refractivity contribution >= 4 is 27.6 Å². The first-order valence-electron chi connectivity index (χ1n) is 11.6. The predicted octanol–water partition coefficient (Wildman–Crippen LogP) is 3.02. The van der Waals surface area contributed by atoms with Crippen LogP contribution in [0.15, 0.2) is 72.9 Å². The molecule has 36 heavy (non-hydrogen) atoms. The van der Waals surface area contributed by atoms with E-state index in [0.29, 0.717) is 36.7 Å². The van der Waals surface area contributed by atoms with Crippen molar-refractivity contribution < 1.29 is 13.2 Å². The largest absolute Gasteiger partial charge is 0.309 e. The number of nitrogens with one attached hydrogen (secondary N) is 2. The number of nitrogens with zero attached hydrogens (tertiary/aromatic N) is 4. The van der Waals surface area contributed by atoms with E-state index in [1.807, 2.05) is 42.5 Å². The first kappa shape index (κ1) is 25.3. The number of carbonyl (C=O) groups excluding carboxylic acids is 1. The Labute approximate surface area is 211 Å². The zero-order chi connectivity index (χ0) is 25.7. The number of aromatic nitrogens is 1. The molecule has 0 unspecified atom stereocenters. The van der Waals surface area contributed by atoms with Gasteiger partial charge in [-0.3, -0.25) is 9.10 Å². The van der Waals surface area contributed by atoms with Gasteiger partial charge in [0, 0.05) is 26.7 Å². The number of nitriles is 1. The Morgan fingerprint density at radius 3 is 2.36 bits per heavy atom. The summed E-state index contributed by atoms with van der Waals surface area (Å²) in [5.74, 6) is 0.160. The van der Waals surface area contributed by atoms with Crippen molar-refractivity contribution in [1.82, 2.24) is 14.6 Å². The van der Waals surface area contributed by atoms with E-state index in [-0.39, 0.29) is 11.8 Å². The summed E-state index contributed by atoms with van der Waals surface area (Å²) in [6.07, 6.45) is 1.45. The van der Waals surface area contributed by atoms with E-state index in [1.165, 1.54) is 21.9 Å². The number of pyridine rings is 1. The first-order valence-corrected chi connectivity index (χ1v) is 13.0. The van der Waals surface area contributed by atoms with Gasteiger partial charge in [0.25, 0.3) is 0 Å². The lowest BCUT2D eigenvalue weighted by Gasteiger charge is -2.22. The van der Waals surface area contributed by atoms with E-state index in [4.69, 9.17) is 5.26 Å². The van der Waals surface area contributed by atoms with Crippen molar-refractivity contribution in [3.8, 4) is 6.07 Å². The second-order valence-electron chi connectivity index (χ2n) is 8.68. The van der Waals surface area contributed by atoms with Crippen molar-refractivity contribution in [3.63, 3.8) is 0 Å². The third-order valence-corrected chi connectivity index (χ3v) is 8.13. The van der Waals surface area contributed by atoms with E-state index in [0.717, 1.165) is 11.1 Å².